The van der Waals surface area contributed by atoms with Crippen molar-refractivity contribution in [2.24, 2.45) is 0 Å². The van der Waals surface area contributed by atoms with E-state index in [9.17, 15) is 23.1 Å². The first-order chi connectivity index (χ1) is 13.9. The summed E-state index contributed by atoms with van der Waals surface area (Å²) in [6.45, 7) is 0.203. The zero-order chi connectivity index (χ0) is 20.9. The van der Waals surface area contributed by atoms with Gasteiger partial charge in [-0.25, -0.2) is 13.2 Å². The predicted octanol–water partition coefficient (Wildman–Crippen LogP) is 0.796. The Labute approximate surface area is 169 Å². The van der Waals surface area contributed by atoms with E-state index in [1.807, 2.05) is 0 Å². The first-order valence-electron chi connectivity index (χ1n) is 9.12. The number of benzene rings is 2. The van der Waals surface area contributed by atoms with Crippen LogP contribution in [0.4, 0.5) is 0 Å². The van der Waals surface area contributed by atoms with Crippen LogP contribution in [-0.2, 0) is 24.3 Å². The smallest absolute Gasteiger partial charge is 0.340 e. The largest absolute Gasteiger partial charge is 0.453 e. The van der Waals surface area contributed by atoms with E-state index >= 15 is 0 Å². The fourth-order valence-corrected chi connectivity index (χ4v) is 4.44. The molecule has 1 atom stereocenters. The normalized spacial score (nSPS) is 16.2. The zero-order valence-electron chi connectivity index (χ0n) is 15.7. The number of aliphatic hydroxyl groups excluding tert-OH is 1. The Morgan fingerprint density at radius 1 is 0.931 bits per heavy atom. The van der Waals surface area contributed by atoms with Gasteiger partial charge in [0, 0.05) is 26.2 Å². The van der Waals surface area contributed by atoms with Gasteiger partial charge in [0.05, 0.1) is 4.90 Å². The van der Waals surface area contributed by atoms with Crippen LogP contribution < -0.4 is 0 Å². The molecule has 0 saturated carbocycles. The van der Waals surface area contributed by atoms with Crippen LogP contribution in [0.3, 0.4) is 0 Å². The van der Waals surface area contributed by atoms with Crippen LogP contribution in [0.1, 0.15) is 11.7 Å². The number of rotatable bonds is 6. The molecule has 29 heavy (non-hydrogen) atoms. The average Bonchev–Trinajstić information content (AvgIpc) is 2.78. The summed E-state index contributed by atoms with van der Waals surface area (Å²) in [6, 6.07) is 16.4. The SMILES string of the molecule is O=C(OCC(=O)N1CCN(S(=O)(=O)c2ccccc2)CC1)[C@@H](O)c1ccccc1. The number of carbonyl (C=O) groups excluding carboxylic acids is 2. The van der Waals surface area contributed by atoms with E-state index in [4.69, 9.17) is 4.74 Å². The van der Waals surface area contributed by atoms with E-state index in [1.165, 1.54) is 21.3 Å². The lowest BCUT2D eigenvalue weighted by Gasteiger charge is -2.33. The van der Waals surface area contributed by atoms with E-state index in [2.05, 4.69) is 0 Å². The molecule has 3 rings (SSSR count). The van der Waals surface area contributed by atoms with Crippen molar-refractivity contribution in [1.82, 2.24) is 9.21 Å². The van der Waals surface area contributed by atoms with Gasteiger partial charge in [0.1, 0.15) is 0 Å². The number of sulfonamides is 1. The highest BCUT2D eigenvalue weighted by Gasteiger charge is 2.30. The van der Waals surface area contributed by atoms with Crippen LogP contribution in [0.5, 0.6) is 0 Å². The minimum absolute atomic E-state index is 0.156. The van der Waals surface area contributed by atoms with E-state index in [0.29, 0.717) is 5.56 Å². The van der Waals surface area contributed by atoms with Crippen LogP contribution in [-0.4, -0.2) is 67.4 Å². The van der Waals surface area contributed by atoms with Gasteiger partial charge in [0.25, 0.3) is 5.91 Å². The van der Waals surface area contributed by atoms with E-state index in [1.54, 1.807) is 48.5 Å². The van der Waals surface area contributed by atoms with Gasteiger partial charge in [0.2, 0.25) is 10.0 Å². The van der Waals surface area contributed by atoms with Gasteiger partial charge in [-0.3, -0.25) is 4.79 Å². The van der Waals surface area contributed by atoms with Crippen LogP contribution in [0.15, 0.2) is 65.6 Å². The van der Waals surface area contributed by atoms with Crippen molar-refractivity contribution < 1.29 is 27.9 Å². The Morgan fingerprint density at radius 3 is 2.07 bits per heavy atom. The van der Waals surface area contributed by atoms with Gasteiger partial charge >= 0.3 is 5.97 Å². The number of amides is 1. The molecule has 0 spiro atoms. The summed E-state index contributed by atoms with van der Waals surface area (Å²) in [7, 11) is -3.60. The van der Waals surface area contributed by atoms with E-state index < -0.39 is 34.6 Å². The molecule has 0 bridgehead atoms. The fourth-order valence-electron chi connectivity index (χ4n) is 2.99. The molecule has 1 aliphatic heterocycles. The van der Waals surface area contributed by atoms with Gasteiger partial charge in [-0.2, -0.15) is 4.31 Å². The number of piperazine rings is 1. The summed E-state index contributed by atoms with van der Waals surface area (Å²) >= 11 is 0. The summed E-state index contributed by atoms with van der Waals surface area (Å²) in [5.41, 5.74) is 0.379. The summed E-state index contributed by atoms with van der Waals surface area (Å²) in [6.07, 6.45) is -1.46. The zero-order valence-corrected chi connectivity index (χ0v) is 16.5. The third-order valence-electron chi connectivity index (χ3n) is 4.65. The van der Waals surface area contributed by atoms with Gasteiger partial charge in [-0.15, -0.1) is 0 Å². The Hall–Kier alpha value is -2.75. The molecule has 2 aromatic carbocycles. The molecule has 1 amide bonds. The molecule has 1 aliphatic rings. The highest BCUT2D eigenvalue weighted by atomic mass is 32.2. The van der Waals surface area contributed by atoms with E-state index in [0.717, 1.165) is 0 Å². The average molecular weight is 418 g/mol. The Bertz CT molecular complexity index is 941. The van der Waals surface area contributed by atoms with Crippen LogP contribution >= 0.6 is 0 Å². The minimum Gasteiger partial charge on any atom is -0.453 e. The molecular weight excluding hydrogens is 396 g/mol. The van der Waals surface area contributed by atoms with Crippen molar-refractivity contribution in [2.75, 3.05) is 32.8 Å². The number of hydrogen-bond donors (Lipinski definition) is 1. The van der Waals surface area contributed by atoms with Crippen molar-refractivity contribution in [3.8, 4) is 0 Å². The lowest BCUT2D eigenvalue weighted by Crippen LogP contribution is -2.51. The van der Waals surface area contributed by atoms with Crippen LogP contribution in [0, 0.1) is 0 Å². The van der Waals surface area contributed by atoms with Crippen LogP contribution in [0.2, 0.25) is 0 Å². The third kappa shape index (κ3) is 5.00. The monoisotopic (exact) mass is 418 g/mol. The standard InChI is InChI=1S/C20H22N2O6S/c23-18(15-28-20(25)19(24)16-7-3-1-4-8-16)21-11-13-22(14-12-21)29(26,27)17-9-5-2-6-10-17/h1-10,19,24H,11-15H2/t19-/m0/s1. The maximum Gasteiger partial charge on any atom is 0.340 e. The number of hydrogen-bond acceptors (Lipinski definition) is 6. The Balaban J connectivity index is 1.49. The van der Waals surface area contributed by atoms with Crippen molar-refractivity contribution in [3.05, 3.63) is 66.2 Å². The second-order valence-corrected chi connectivity index (χ2v) is 8.46. The number of nitrogens with zero attached hydrogens (tertiary/aromatic N) is 2. The molecule has 0 aromatic heterocycles. The molecule has 154 valence electrons. The summed E-state index contributed by atoms with van der Waals surface area (Å²) in [5, 5.41) is 9.97. The van der Waals surface area contributed by atoms with Gasteiger partial charge in [-0.1, -0.05) is 48.5 Å². The van der Waals surface area contributed by atoms with Crippen molar-refractivity contribution in [1.29, 1.82) is 0 Å². The molecule has 0 radical (unpaired) electrons. The second-order valence-electron chi connectivity index (χ2n) is 6.52. The van der Waals surface area contributed by atoms with Gasteiger partial charge < -0.3 is 14.7 Å². The predicted molar refractivity (Wildman–Crippen MR) is 104 cm³/mol. The molecule has 1 saturated heterocycles. The van der Waals surface area contributed by atoms with Crippen molar-refractivity contribution in [3.63, 3.8) is 0 Å². The second kappa shape index (κ2) is 9.17. The first-order valence-corrected chi connectivity index (χ1v) is 10.6. The molecule has 9 heteroatoms. The lowest BCUT2D eigenvalue weighted by atomic mass is 10.1. The molecule has 8 nitrogen and oxygen atoms in total. The maximum atomic E-state index is 12.6. The summed E-state index contributed by atoms with van der Waals surface area (Å²) in [4.78, 5) is 25.9. The minimum atomic E-state index is -3.60. The third-order valence-corrected chi connectivity index (χ3v) is 6.56. The van der Waals surface area contributed by atoms with E-state index in [-0.39, 0.29) is 31.1 Å². The molecular formula is C20H22N2O6S. The van der Waals surface area contributed by atoms with Gasteiger partial charge in [-0.05, 0) is 17.7 Å². The molecule has 0 unspecified atom stereocenters. The Kier molecular flexibility index (Phi) is 6.63. The molecule has 1 heterocycles. The maximum absolute atomic E-state index is 12.6. The quantitative estimate of drug-likeness (QED) is 0.696. The molecule has 1 fully saturated rings. The number of ether oxygens (including phenoxy) is 1. The molecule has 0 aliphatic carbocycles. The molecule has 1 N–H and O–H groups in total. The first kappa shape index (κ1) is 21.0. The Morgan fingerprint density at radius 2 is 1.48 bits per heavy atom. The highest BCUT2D eigenvalue weighted by Crippen LogP contribution is 2.18. The summed E-state index contributed by atoms with van der Waals surface area (Å²) in [5.74, 6) is -1.34. The number of carbonyl (C=O) groups is 2. The van der Waals surface area contributed by atoms with Gasteiger partial charge in [0.15, 0.2) is 12.7 Å². The summed E-state index contributed by atoms with van der Waals surface area (Å²) < 4.78 is 31.5. The lowest BCUT2D eigenvalue weighted by molar-refractivity contribution is -0.160. The molecule has 2 aromatic rings. The van der Waals surface area contributed by atoms with Crippen LogP contribution in [0.25, 0.3) is 0 Å². The fraction of sp³-hybridized carbons (Fsp3) is 0.300. The van der Waals surface area contributed by atoms with Crippen molar-refractivity contribution in [2.45, 2.75) is 11.0 Å². The number of esters is 1. The highest BCUT2D eigenvalue weighted by molar-refractivity contribution is 7.89. The number of aliphatic hydroxyl groups is 1. The topological polar surface area (TPSA) is 104 Å². The van der Waals surface area contributed by atoms with Crippen molar-refractivity contribution >= 4 is 21.9 Å².